The second kappa shape index (κ2) is 97.0. The second-order valence-electron chi connectivity index (χ2n) is 25.3. The van der Waals surface area contributed by atoms with Crippen LogP contribution in [0.4, 0.5) is 0 Å². The number of carboxylic acids is 1. The molecule has 0 atom stereocenters. The molecule has 0 spiro atoms. The van der Waals surface area contributed by atoms with Gasteiger partial charge < -0.3 is 54.0 Å². The molecule has 1 aliphatic heterocycles. The van der Waals surface area contributed by atoms with E-state index in [-0.39, 0.29) is 82.5 Å². The van der Waals surface area contributed by atoms with Crippen LogP contribution in [0.2, 0.25) is 0 Å². The third-order valence-electron chi connectivity index (χ3n) is 15.7. The number of aliphatic carboxylic acids is 1. The lowest BCUT2D eigenvalue weighted by Gasteiger charge is -2.05. The molecule has 0 amide bonds. The number of hydrogen-bond donors (Lipinski definition) is 5. The van der Waals surface area contributed by atoms with Gasteiger partial charge in [-0.05, 0) is 46.5 Å². The highest BCUT2D eigenvalue weighted by atomic mass is 16.6. The smallest absolute Gasteiger partial charge is 0.314 e. The maximum atomic E-state index is 11.4. The van der Waals surface area contributed by atoms with Crippen molar-refractivity contribution in [3.8, 4) is 0 Å². The van der Waals surface area contributed by atoms with Crippen LogP contribution < -0.4 is 0 Å². The van der Waals surface area contributed by atoms with E-state index in [0.29, 0.717) is 33.0 Å². The van der Waals surface area contributed by atoms with E-state index < -0.39 is 36.6 Å². The van der Waals surface area contributed by atoms with Crippen LogP contribution in [0.1, 0.15) is 408 Å². The summed E-state index contributed by atoms with van der Waals surface area (Å²) in [4.78, 5) is 86.3. The zero-order valence-electron chi connectivity index (χ0n) is 64.2. The monoisotopic (exact) mass is 1410 g/mol. The molecule has 0 unspecified atom stereocenters. The van der Waals surface area contributed by atoms with Crippen LogP contribution in [-0.2, 0) is 66.8 Å². The molecule has 0 aromatic carbocycles. The lowest BCUT2D eigenvalue weighted by Crippen LogP contribution is -2.11. The maximum Gasteiger partial charge on any atom is 0.314 e. The zero-order valence-corrected chi connectivity index (χ0v) is 64.2. The van der Waals surface area contributed by atoms with Gasteiger partial charge in [-0.1, -0.05) is 310 Å². The van der Waals surface area contributed by atoms with E-state index >= 15 is 0 Å². The number of ether oxygens (including phenoxy) is 6. The Labute approximate surface area is 598 Å². The molecular weight excluding hydrogens is 1250 g/mol. The van der Waals surface area contributed by atoms with Crippen molar-refractivity contribution in [2.75, 3.05) is 53.0 Å². The van der Waals surface area contributed by atoms with E-state index in [1.54, 1.807) is 20.8 Å². The van der Waals surface area contributed by atoms with Gasteiger partial charge in [0.25, 0.3) is 0 Å². The zero-order chi connectivity index (χ0) is 74.1. The van der Waals surface area contributed by atoms with Gasteiger partial charge in [-0.2, -0.15) is 0 Å². The molecule has 19 nitrogen and oxygen atoms in total. The van der Waals surface area contributed by atoms with Crippen LogP contribution in [0.25, 0.3) is 0 Å². The first-order chi connectivity index (χ1) is 47.6. The molecule has 98 heavy (non-hydrogen) atoms. The Morgan fingerprint density at radius 3 is 0.663 bits per heavy atom. The third-order valence-corrected chi connectivity index (χ3v) is 15.7. The predicted molar refractivity (Wildman–Crippen MR) is 395 cm³/mol. The molecule has 19 heteroatoms. The summed E-state index contributed by atoms with van der Waals surface area (Å²) >= 11 is 0. The number of hydrogen-bond acceptors (Lipinski definition) is 18. The second-order valence-corrected chi connectivity index (χ2v) is 25.3. The van der Waals surface area contributed by atoms with Gasteiger partial charge in [-0.3, -0.25) is 38.4 Å². The van der Waals surface area contributed by atoms with E-state index in [1.807, 2.05) is 0 Å². The lowest BCUT2D eigenvalue weighted by atomic mass is 10.1. The minimum Gasteiger partial charge on any atom is -0.481 e. The van der Waals surface area contributed by atoms with E-state index in [0.717, 1.165) is 44.9 Å². The van der Waals surface area contributed by atoms with Crippen LogP contribution in [-0.4, -0.2) is 126 Å². The third kappa shape index (κ3) is 110. The number of aliphatic hydroxyl groups is 4. The molecule has 584 valence electrons. The summed E-state index contributed by atoms with van der Waals surface area (Å²) in [6.07, 6.45) is 62.9. The van der Waals surface area contributed by atoms with E-state index in [9.17, 15) is 38.4 Å². The SMILES string of the molecule is CCCCCCCCCCCCCCO.CCCCCCCCCCCCCCOC(=O)CCC(=O)O.CCCCCCCCCCCCCCOC(=O)CCC(=O)OCC.CCCCCCCCCCCCCCOC(=O)CCC(=O)OCO.CCO.CCO.O=C1CCC(=O)O1. The molecule has 0 aromatic heterocycles. The average Bonchev–Trinajstić information content (AvgIpc) is 2.23. The van der Waals surface area contributed by atoms with Crippen molar-refractivity contribution in [2.24, 2.45) is 0 Å². The van der Waals surface area contributed by atoms with Crippen LogP contribution in [0.3, 0.4) is 0 Å². The number of carboxylic acid groups (broad SMARTS) is 1. The topological polar surface area (TPSA) is 293 Å². The summed E-state index contributed by atoms with van der Waals surface area (Å²) in [5.74, 6) is -3.75. The minimum absolute atomic E-state index is 0.0110. The van der Waals surface area contributed by atoms with Crippen molar-refractivity contribution in [3.63, 3.8) is 0 Å². The van der Waals surface area contributed by atoms with E-state index in [1.165, 1.54) is 263 Å². The van der Waals surface area contributed by atoms with Crippen LogP contribution in [0, 0.1) is 0 Å². The molecular formula is C79H154O19. The fourth-order valence-corrected chi connectivity index (χ4v) is 9.98. The van der Waals surface area contributed by atoms with Gasteiger partial charge in [0.05, 0.1) is 77.8 Å². The first-order valence-electron chi connectivity index (χ1n) is 39.8. The van der Waals surface area contributed by atoms with Crippen LogP contribution in [0.15, 0.2) is 0 Å². The fourth-order valence-electron chi connectivity index (χ4n) is 9.98. The molecule has 0 saturated carbocycles. The highest BCUT2D eigenvalue weighted by Crippen LogP contribution is 2.16. The van der Waals surface area contributed by atoms with Gasteiger partial charge in [0, 0.05) is 19.8 Å². The molecule has 0 radical (unpaired) electrons. The standard InChI is InChI=1S/C20H38O4.C19H36O5.C18H34O4.C14H30O.C4H4O3.2C2H6O/c1-3-5-6-7-8-9-10-11-12-13-14-15-18-24-20(22)17-16-19(21)23-4-2;1-2-3-4-5-6-7-8-9-10-11-12-13-16-23-18(21)14-15-19(22)24-17-20;1-2-3-4-5-6-7-8-9-10-11-12-13-16-22-18(21)15-14-17(19)20;1-2-3-4-5-6-7-8-9-10-11-12-13-14-15;5-3-1-2-4(6)7-3;2*1-2-3/h3-18H2,1-2H3;20H,2-17H2,1H3;2-16H2,1H3,(H,19,20);15H,2-14H2,1H3;1-2H2;2*3H,2H2,1H3. The molecule has 1 saturated heterocycles. The van der Waals surface area contributed by atoms with Crippen LogP contribution in [0.5, 0.6) is 0 Å². The number of aliphatic hydroxyl groups excluding tert-OH is 4. The Morgan fingerprint density at radius 1 is 0.286 bits per heavy atom. The first-order valence-corrected chi connectivity index (χ1v) is 39.8. The number of rotatable bonds is 62. The largest absolute Gasteiger partial charge is 0.481 e. The maximum absolute atomic E-state index is 11.4. The fraction of sp³-hybridized carbons (Fsp3) is 0.899. The number of carbonyl (C=O) groups excluding carboxylic acids is 7. The van der Waals surface area contributed by atoms with Crippen molar-refractivity contribution >= 4 is 47.8 Å². The molecule has 0 bridgehead atoms. The van der Waals surface area contributed by atoms with Gasteiger partial charge in [0.2, 0.25) is 0 Å². The number of cyclic esters (lactones) is 2. The quantitative estimate of drug-likeness (QED) is 0.0124. The Morgan fingerprint density at radius 2 is 0.480 bits per heavy atom. The molecule has 1 aliphatic rings. The lowest BCUT2D eigenvalue weighted by molar-refractivity contribution is -0.155. The Hall–Kier alpha value is -4.20. The van der Waals surface area contributed by atoms with Crippen molar-refractivity contribution in [1.82, 2.24) is 0 Å². The summed E-state index contributed by atoms with van der Waals surface area (Å²) in [5, 5.41) is 40.6. The van der Waals surface area contributed by atoms with E-state index in [2.05, 4.69) is 37.2 Å². The van der Waals surface area contributed by atoms with Gasteiger partial charge in [-0.15, -0.1) is 0 Å². The minimum atomic E-state index is -0.956. The Balaban J connectivity index is -0.000000273. The summed E-state index contributed by atoms with van der Waals surface area (Å²) in [6, 6.07) is 0. The summed E-state index contributed by atoms with van der Waals surface area (Å²) in [7, 11) is 0. The Bertz CT molecular complexity index is 1570. The van der Waals surface area contributed by atoms with Crippen molar-refractivity contribution in [2.45, 2.75) is 408 Å². The number of unbranched alkanes of at least 4 members (excludes halogenated alkanes) is 44. The highest BCUT2D eigenvalue weighted by molar-refractivity contribution is 5.92. The molecule has 1 heterocycles. The molecule has 0 aromatic rings. The summed E-state index contributed by atoms with van der Waals surface area (Å²) in [6.45, 7) is 16.0. The van der Waals surface area contributed by atoms with Gasteiger partial charge in [-0.25, -0.2) is 0 Å². The van der Waals surface area contributed by atoms with Crippen molar-refractivity contribution in [3.05, 3.63) is 0 Å². The molecule has 5 N–H and O–H groups in total. The predicted octanol–water partition coefficient (Wildman–Crippen LogP) is 19.7. The molecule has 1 fully saturated rings. The number of esters is 7. The van der Waals surface area contributed by atoms with Crippen LogP contribution >= 0.6 is 0 Å². The van der Waals surface area contributed by atoms with Gasteiger partial charge in [0.15, 0.2) is 6.79 Å². The molecule has 0 aliphatic carbocycles. The first kappa shape index (κ1) is 105. The van der Waals surface area contributed by atoms with Gasteiger partial charge >= 0.3 is 47.8 Å². The highest BCUT2D eigenvalue weighted by Gasteiger charge is 2.19. The number of carbonyl (C=O) groups is 8. The normalized spacial score (nSPS) is 11.0. The Kier molecular flexibility index (Phi) is 104. The molecule has 1 rings (SSSR count). The summed E-state index contributed by atoms with van der Waals surface area (Å²) < 4.78 is 28.3. The average molecular weight is 1410 g/mol. The van der Waals surface area contributed by atoms with Crippen molar-refractivity contribution < 1.29 is 92.3 Å². The van der Waals surface area contributed by atoms with E-state index in [4.69, 9.17) is 44.5 Å². The van der Waals surface area contributed by atoms with Crippen molar-refractivity contribution in [1.29, 1.82) is 0 Å². The van der Waals surface area contributed by atoms with Gasteiger partial charge in [0.1, 0.15) is 0 Å². The summed E-state index contributed by atoms with van der Waals surface area (Å²) in [5.41, 5.74) is 0.